The van der Waals surface area contributed by atoms with Gasteiger partial charge in [-0.15, -0.1) is 0 Å². The molecular formula is C17H22FN3O2. The smallest absolute Gasteiger partial charge is 0.249 e. The van der Waals surface area contributed by atoms with E-state index in [-0.39, 0.29) is 17.9 Å². The van der Waals surface area contributed by atoms with Gasteiger partial charge in [-0.25, -0.2) is 4.39 Å². The molecule has 0 spiro atoms. The first-order chi connectivity index (χ1) is 11.1. The quantitative estimate of drug-likeness (QED) is 0.916. The molecule has 2 unspecified atom stereocenters. The minimum absolute atomic E-state index is 0.0295. The Bertz CT molecular complexity index is 601. The van der Waals surface area contributed by atoms with Gasteiger partial charge in [0.25, 0.3) is 0 Å². The van der Waals surface area contributed by atoms with E-state index in [0.29, 0.717) is 25.1 Å². The predicted molar refractivity (Wildman–Crippen MR) is 85.6 cm³/mol. The van der Waals surface area contributed by atoms with E-state index < -0.39 is 11.9 Å². The summed E-state index contributed by atoms with van der Waals surface area (Å²) in [6.07, 6.45) is 3.04. The Morgan fingerprint density at radius 1 is 1.39 bits per heavy atom. The van der Waals surface area contributed by atoms with Crippen LogP contribution in [0.3, 0.4) is 0 Å². The van der Waals surface area contributed by atoms with Gasteiger partial charge >= 0.3 is 0 Å². The van der Waals surface area contributed by atoms with Gasteiger partial charge in [0.1, 0.15) is 11.9 Å². The molecule has 23 heavy (non-hydrogen) atoms. The number of halogens is 1. The third-order valence-corrected chi connectivity index (χ3v) is 4.76. The number of nitrogens with zero attached hydrogens (tertiary/aromatic N) is 2. The van der Waals surface area contributed by atoms with E-state index in [9.17, 15) is 14.0 Å². The minimum Gasteiger partial charge on any atom is -0.334 e. The van der Waals surface area contributed by atoms with E-state index >= 15 is 0 Å². The fraction of sp³-hybridized carbons (Fsp3) is 0.529. The van der Waals surface area contributed by atoms with Crippen molar-refractivity contribution in [1.82, 2.24) is 10.2 Å². The fourth-order valence-electron chi connectivity index (χ4n) is 3.39. The number of likely N-dealkylation sites (N-methyl/N-ethyl adjacent to an activating group) is 1. The van der Waals surface area contributed by atoms with Crippen LogP contribution in [0.2, 0.25) is 0 Å². The van der Waals surface area contributed by atoms with Crippen molar-refractivity contribution in [3.63, 3.8) is 0 Å². The number of hydrogen-bond donors (Lipinski definition) is 1. The SMILES string of the molecule is CN(C(=O)CC1CCCN1)C1CCN(c2ccccc2F)C1=O. The number of rotatable bonds is 4. The van der Waals surface area contributed by atoms with Crippen LogP contribution in [0.15, 0.2) is 24.3 Å². The Kier molecular flexibility index (Phi) is 4.61. The second-order valence-corrected chi connectivity index (χ2v) is 6.25. The average Bonchev–Trinajstić information content (AvgIpc) is 3.17. The van der Waals surface area contributed by atoms with Gasteiger partial charge in [-0.3, -0.25) is 9.59 Å². The molecule has 0 aromatic heterocycles. The maximum atomic E-state index is 13.9. The van der Waals surface area contributed by atoms with Crippen LogP contribution >= 0.6 is 0 Å². The molecule has 2 saturated heterocycles. The summed E-state index contributed by atoms with van der Waals surface area (Å²) in [5.41, 5.74) is 0.290. The van der Waals surface area contributed by atoms with Crippen LogP contribution in [0.4, 0.5) is 10.1 Å². The number of benzene rings is 1. The van der Waals surface area contributed by atoms with Crippen LogP contribution < -0.4 is 10.2 Å². The average molecular weight is 319 g/mol. The van der Waals surface area contributed by atoms with Crippen molar-refractivity contribution in [2.45, 2.75) is 37.8 Å². The van der Waals surface area contributed by atoms with E-state index in [0.717, 1.165) is 19.4 Å². The molecule has 0 bridgehead atoms. The highest BCUT2D eigenvalue weighted by atomic mass is 19.1. The lowest BCUT2D eigenvalue weighted by Gasteiger charge is -2.25. The lowest BCUT2D eigenvalue weighted by atomic mass is 10.1. The minimum atomic E-state index is -0.497. The molecule has 0 aliphatic carbocycles. The zero-order valence-electron chi connectivity index (χ0n) is 13.3. The summed E-state index contributed by atoms with van der Waals surface area (Å²) < 4.78 is 13.9. The van der Waals surface area contributed by atoms with E-state index in [4.69, 9.17) is 0 Å². The van der Waals surface area contributed by atoms with Crippen molar-refractivity contribution in [3.05, 3.63) is 30.1 Å². The number of amides is 2. The summed E-state index contributed by atoms with van der Waals surface area (Å²) in [6, 6.07) is 5.96. The molecule has 3 rings (SSSR count). The van der Waals surface area contributed by atoms with Crippen molar-refractivity contribution < 1.29 is 14.0 Å². The van der Waals surface area contributed by atoms with Crippen molar-refractivity contribution in [2.24, 2.45) is 0 Å². The van der Waals surface area contributed by atoms with E-state index in [1.807, 2.05) is 0 Å². The molecule has 0 radical (unpaired) electrons. The molecule has 2 heterocycles. The van der Waals surface area contributed by atoms with Gasteiger partial charge in [-0.05, 0) is 37.9 Å². The highest BCUT2D eigenvalue weighted by Crippen LogP contribution is 2.26. The largest absolute Gasteiger partial charge is 0.334 e. The number of carbonyl (C=O) groups excluding carboxylic acids is 2. The van der Waals surface area contributed by atoms with Crippen molar-refractivity contribution in [1.29, 1.82) is 0 Å². The Hall–Kier alpha value is -1.95. The molecular weight excluding hydrogens is 297 g/mol. The molecule has 2 amide bonds. The van der Waals surface area contributed by atoms with Gasteiger partial charge in [0.05, 0.1) is 5.69 Å². The molecule has 2 aliphatic rings. The summed E-state index contributed by atoms with van der Waals surface area (Å²) >= 11 is 0. The first kappa shape index (κ1) is 15.9. The molecule has 5 nitrogen and oxygen atoms in total. The van der Waals surface area contributed by atoms with Gasteiger partial charge in [-0.1, -0.05) is 12.1 Å². The molecule has 1 N–H and O–H groups in total. The zero-order valence-corrected chi connectivity index (χ0v) is 13.3. The van der Waals surface area contributed by atoms with Crippen LogP contribution in [0.5, 0.6) is 0 Å². The molecule has 2 aliphatic heterocycles. The molecule has 0 saturated carbocycles. The van der Waals surface area contributed by atoms with Gasteiger partial charge in [-0.2, -0.15) is 0 Å². The highest BCUT2D eigenvalue weighted by Gasteiger charge is 2.38. The van der Waals surface area contributed by atoms with Gasteiger partial charge < -0.3 is 15.1 Å². The van der Waals surface area contributed by atoms with E-state index in [1.165, 1.54) is 15.9 Å². The lowest BCUT2D eigenvalue weighted by molar-refractivity contribution is -0.137. The second-order valence-electron chi connectivity index (χ2n) is 6.25. The van der Waals surface area contributed by atoms with Crippen LogP contribution in [0.25, 0.3) is 0 Å². The summed E-state index contributed by atoms with van der Waals surface area (Å²) in [6.45, 7) is 1.38. The number of carbonyl (C=O) groups is 2. The summed E-state index contributed by atoms with van der Waals surface area (Å²) in [5, 5.41) is 3.29. The van der Waals surface area contributed by atoms with Gasteiger partial charge in [0, 0.05) is 26.1 Å². The van der Waals surface area contributed by atoms with Crippen molar-refractivity contribution >= 4 is 17.5 Å². The molecule has 2 atom stereocenters. The topological polar surface area (TPSA) is 52.7 Å². The molecule has 1 aromatic rings. The number of para-hydroxylation sites is 1. The van der Waals surface area contributed by atoms with Crippen LogP contribution in [-0.4, -0.2) is 48.9 Å². The van der Waals surface area contributed by atoms with Crippen LogP contribution in [0.1, 0.15) is 25.7 Å². The van der Waals surface area contributed by atoms with Gasteiger partial charge in [0.2, 0.25) is 11.8 Å². The van der Waals surface area contributed by atoms with Crippen molar-refractivity contribution in [3.8, 4) is 0 Å². The number of anilines is 1. The van der Waals surface area contributed by atoms with E-state index in [2.05, 4.69) is 5.32 Å². The molecule has 6 heteroatoms. The predicted octanol–water partition coefficient (Wildman–Crippen LogP) is 1.53. The molecule has 1 aromatic carbocycles. The Morgan fingerprint density at radius 2 is 2.17 bits per heavy atom. The van der Waals surface area contributed by atoms with E-state index in [1.54, 1.807) is 25.2 Å². The molecule has 124 valence electrons. The third-order valence-electron chi connectivity index (χ3n) is 4.76. The number of hydrogen-bond acceptors (Lipinski definition) is 3. The highest BCUT2D eigenvalue weighted by molar-refractivity contribution is 6.01. The third kappa shape index (κ3) is 3.22. The second kappa shape index (κ2) is 6.66. The maximum absolute atomic E-state index is 13.9. The molecule has 2 fully saturated rings. The lowest BCUT2D eigenvalue weighted by Crippen LogP contribution is -2.44. The Balaban J connectivity index is 1.66. The monoisotopic (exact) mass is 319 g/mol. The normalized spacial score (nSPS) is 24.3. The summed E-state index contributed by atoms with van der Waals surface area (Å²) in [4.78, 5) is 27.9. The van der Waals surface area contributed by atoms with Gasteiger partial charge in [0.15, 0.2) is 0 Å². The van der Waals surface area contributed by atoms with Crippen molar-refractivity contribution in [2.75, 3.05) is 25.0 Å². The van der Waals surface area contributed by atoms with Crippen LogP contribution in [0, 0.1) is 5.82 Å². The first-order valence-electron chi connectivity index (χ1n) is 8.13. The summed E-state index contributed by atoms with van der Waals surface area (Å²) in [5.74, 6) is -0.644. The Morgan fingerprint density at radius 3 is 2.87 bits per heavy atom. The summed E-state index contributed by atoms with van der Waals surface area (Å²) in [7, 11) is 1.67. The standard InChI is InChI=1S/C17H22FN3O2/c1-20(16(22)11-12-5-4-9-19-12)15-8-10-21(17(15)23)14-7-3-2-6-13(14)18/h2-3,6-7,12,15,19H,4-5,8-11H2,1H3. The van der Waals surface area contributed by atoms with Crippen LogP contribution in [-0.2, 0) is 9.59 Å². The Labute approximate surface area is 135 Å². The number of nitrogens with one attached hydrogen (secondary N) is 1. The fourth-order valence-corrected chi connectivity index (χ4v) is 3.39. The first-order valence-corrected chi connectivity index (χ1v) is 8.13. The maximum Gasteiger partial charge on any atom is 0.249 e. The zero-order chi connectivity index (χ0) is 16.4.